The second-order valence-corrected chi connectivity index (χ2v) is 7.58. The Labute approximate surface area is 183 Å². The summed E-state index contributed by atoms with van der Waals surface area (Å²) in [4.78, 5) is 37.5. The quantitative estimate of drug-likeness (QED) is 0.208. The molecule has 0 saturated heterocycles. The molecule has 0 rings (SSSR count). The maximum Gasteiger partial charge on any atom is 0.336 e. The van der Waals surface area contributed by atoms with E-state index in [0.717, 1.165) is 0 Å². The van der Waals surface area contributed by atoms with Crippen LogP contribution in [0.2, 0.25) is 0 Å². The summed E-state index contributed by atoms with van der Waals surface area (Å²) in [7, 11) is 0. The third kappa shape index (κ3) is 6.75. The molecule has 0 aliphatic heterocycles. The average molecular weight is 443 g/mol. The van der Waals surface area contributed by atoms with Crippen LogP contribution in [0, 0.1) is 5.41 Å². The second-order valence-electron chi connectivity index (χ2n) is 7.58. The standard InChI is InChI=1S/C22H34O9/c1-8-9-10-17(29-18(26)14(2)3)22(30-19(27)15(4)5,31-20(28)16(6)7)21(11-23,12-24)13-25/h17,23-25H,2,4,6,8-13H2,1,3,5,7H3. The molecule has 0 fully saturated rings. The Morgan fingerprint density at radius 3 is 1.48 bits per heavy atom. The van der Waals surface area contributed by atoms with Gasteiger partial charge < -0.3 is 29.5 Å². The van der Waals surface area contributed by atoms with Gasteiger partial charge in [-0.3, -0.25) is 0 Å². The normalized spacial score (nSPS) is 12.5. The lowest BCUT2D eigenvalue weighted by Gasteiger charge is -2.48. The highest BCUT2D eigenvalue weighted by molar-refractivity contribution is 5.90. The summed E-state index contributed by atoms with van der Waals surface area (Å²) >= 11 is 0. The number of unbranched alkanes of at least 4 members (excludes halogenated alkanes) is 1. The molecule has 0 heterocycles. The summed E-state index contributed by atoms with van der Waals surface area (Å²) in [5, 5.41) is 30.4. The van der Waals surface area contributed by atoms with E-state index in [-0.39, 0.29) is 23.1 Å². The van der Waals surface area contributed by atoms with Crippen LogP contribution in [-0.2, 0) is 28.6 Å². The van der Waals surface area contributed by atoms with Gasteiger partial charge in [0.05, 0.1) is 19.8 Å². The van der Waals surface area contributed by atoms with Crippen LogP contribution < -0.4 is 0 Å². The summed E-state index contributed by atoms with van der Waals surface area (Å²) in [6, 6.07) is 0. The van der Waals surface area contributed by atoms with E-state index in [0.29, 0.717) is 12.8 Å². The molecular formula is C22H34O9. The van der Waals surface area contributed by atoms with Gasteiger partial charge in [-0.05, 0) is 33.6 Å². The van der Waals surface area contributed by atoms with Crippen molar-refractivity contribution in [1.82, 2.24) is 0 Å². The van der Waals surface area contributed by atoms with E-state index in [4.69, 9.17) is 14.2 Å². The number of aliphatic hydroxyl groups is 3. The van der Waals surface area contributed by atoms with Crippen LogP contribution in [0.15, 0.2) is 36.5 Å². The maximum atomic E-state index is 12.6. The van der Waals surface area contributed by atoms with Gasteiger partial charge in [-0.15, -0.1) is 0 Å². The summed E-state index contributed by atoms with van der Waals surface area (Å²) < 4.78 is 16.4. The van der Waals surface area contributed by atoms with E-state index in [1.807, 2.05) is 6.92 Å². The zero-order valence-corrected chi connectivity index (χ0v) is 18.7. The van der Waals surface area contributed by atoms with Crippen molar-refractivity contribution in [3.63, 3.8) is 0 Å². The smallest absolute Gasteiger partial charge is 0.336 e. The number of carbonyl (C=O) groups excluding carboxylic acids is 3. The maximum absolute atomic E-state index is 12.6. The Kier molecular flexibility index (Phi) is 11.4. The molecule has 9 nitrogen and oxygen atoms in total. The van der Waals surface area contributed by atoms with Gasteiger partial charge in [-0.1, -0.05) is 33.1 Å². The molecule has 0 aromatic rings. The van der Waals surface area contributed by atoms with E-state index in [1.54, 1.807) is 0 Å². The van der Waals surface area contributed by atoms with Crippen LogP contribution in [0.5, 0.6) is 0 Å². The molecule has 0 aliphatic rings. The largest absolute Gasteiger partial charge is 0.451 e. The number of carbonyl (C=O) groups is 3. The van der Waals surface area contributed by atoms with Gasteiger partial charge in [0.2, 0.25) is 0 Å². The van der Waals surface area contributed by atoms with Crippen molar-refractivity contribution < 1.29 is 43.9 Å². The molecule has 0 aromatic carbocycles. The third-order valence-electron chi connectivity index (χ3n) is 4.67. The highest BCUT2D eigenvalue weighted by Gasteiger charge is 2.64. The van der Waals surface area contributed by atoms with Crippen molar-refractivity contribution >= 4 is 17.9 Å². The minimum absolute atomic E-state index is 0.00418. The number of esters is 3. The summed E-state index contributed by atoms with van der Waals surface area (Å²) in [6.07, 6.45) is -0.465. The first-order valence-corrected chi connectivity index (χ1v) is 9.84. The van der Waals surface area contributed by atoms with Gasteiger partial charge in [0.25, 0.3) is 0 Å². The Morgan fingerprint density at radius 2 is 1.19 bits per heavy atom. The van der Waals surface area contributed by atoms with Crippen LogP contribution in [0.4, 0.5) is 0 Å². The van der Waals surface area contributed by atoms with Gasteiger partial charge >= 0.3 is 23.7 Å². The molecule has 0 amide bonds. The van der Waals surface area contributed by atoms with Crippen molar-refractivity contribution in [2.75, 3.05) is 19.8 Å². The van der Waals surface area contributed by atoms with Crippen LogP contribution >= 0.6 is 0 Å². The molecule has 31 heavy (non-hydrogen) atoms. The molecule has 0 saturated carbocycles. The van der Waals surface area contributed by atoms with Crippen molar-refractivity contribution in [3.8, 4) is 0 Å². The number of hydrogen-bond donors (Lipinski definition) is 3. The lowest BCUT2D eigenvalue weighted by molar-refractivity contribution is -0.325. The first kappa shape index (κ1) is 28.5. The molecule has 0 spiro atoms. The van der Waals surface area contributed by atoms with Gasteiger partial charge in [0.15, 0.2) is 6.10 Å². The van der Waals surface area contributed by atoms with Crippen LogP contribution in [0.1, 0.15) is 47.0 Å². The van der Waals surface area contributed by atoms with Crippen LogP contribution in [0.25, 0.3) is 0 Å². The first-order chi connectivity index (χ1) is 14.4. The predicted octanol–water partition coefficient (Wildman–Crippen LogP) is 1.56. The zero-order chi connectivity index (χ0) is 24.4. The molecule has 3 N–H and O–H groups in total. The summed E-state index contributed by atoms with van der Waals surface area (Å²) in [5.41, 5.74) is -2.33. The van der Waals surface area contributed by atoms with E-state index in [9.17, 15) is 29.7 Å². The fraction of sp³-hybridized carbons (Fsp3) is 0.591. The molecule has 0 aliphatic carbocycles. The van der Waals surface area contributed by atoms with Crippen molar-refractivity contribution in [1.29, 1.82) is 0 Å². The van der Waals surface area contributed by atoms with E-state index in [2.05, 4.69) is 19.7 Å². The van der Waals surface area contributed by atoms with Crippen molar-refractivity contribution in [2.24, 2.45) is 5.41 Å². The fourth-order valence-electron chi connectivity index (χ4n) is 2.59. The van der Waals surface area contributed by atoms with Crippen LogP contribution in [0.3, 0.4) is 0 Å². The lowest BCUT2D eigenvalue weighted by Crippen LogP contribution is -2.67. The molecule has 0 bridgehead atoms. The molecule has 1 atom stereocenters. The Hall–Kier alpha value is -2.49. The van der Waals surface area contributed by atoms with Crippen LogP contribution in [-0.4, -0.2) is 64.9 Å². The van der Waals surface area contributed by atoms with Gasteiger partial charge in [0, 0.05) is 16.7 Å². The number of aliphatic hydroxyl groups excluding tert-OH is 3. The molecule has 9 heteroatoms. The van der Waals surface area contributed by atoms with E-state index >= 15 is 0 Å². The predicted molar refractivity (Wildman–Crippen MR) is 112 cm³/mol. The highest BCUT2D eigenvalue weighted by Crippen LogP contribution is 2.43. The van der Waals surface area contributed by atoms with Gasteiger partial charge in [0.1, 0.15) is 5.41 Å². The summed E-state index contributed by atoms with van der Waals surface area (Å²) in [5.74, 6) is -5.59. The monoisotopic (exact) mass is 442 g/mol. The SMILES string of the molecule is C=C(C)C(=O)OC(CCCC)C(OC(=O)C(=C)C)(OC(=O)C(=C)C)C(CO)(CO)CO. The molecule has 0 aromatic heterocycles. The van der Waals surface area contributed by atoms with Crippen molar-refractivity contribution in [2.45, 2.75) is 58.8 Å². The number of rotatable bonds is 14. The molecular weight excluding hydrogens is 408 g/mol. The minimum Gasteiger partial charge on any atom is -0.451 e. The van der Waals surface area contributed by atoms with Crippen molar-refractivity contribution in [3.05, 3.63) is 36.5 Å². The fourth-order valence-corrected chi connectivity index (χ4v) is 2.59. The number of hydrogen-bond acceptors (Lipinski definition) is 9. The van der Waals surface area contributed by atoms with Gasteiger partial charge in [-0.2, -0.15) is 0 Å². The number of ether oxygens (including phenoxy) is 3. The third-order valence-corrected chi connectivity index (χ3v) is 4.67. The Morgan fingerprint density at radius 1 is 0.806 bits per heavy atom. The molecule has 176 valence electrons. The topological polar surface area (TPSA) is 140 Å². The molecule has 0 radical (unpaired) electrons. The average Bonchev–Trinajstić information content (AvgIpc) is 2.71. The first-order valence-electron chi connectivity index (χ1n) is 9.84. The zero-order valence-electron chi connectivity index (χ0n) is 18.7. The second kappa shape index (κ2) is 12.4. The van der Waals surface area contributed by atoms with Gasteiger partial charge in [-0.25, -0.2) is 14.4 Å². The lowest BCUT2D eigenvalue weighted by atomic mass is 9.76. The molecule has 1 unspecified atom stereocenters. The summed E-state index contributed by atoms with van der Waals surface area (Å²) in [6.45, 7) is 13.4. The van der Waals surface area contributed by atoms with E-state index < -0.39 is 55.0 Å². The minimum atomic E-state index is -2.60. The highest BCUT2D eigenvalue weighted by atomic mass is 16.8. The Bertz CT molecular complexity index is 668. The Balaban J connectivity index is 7.06. The van der Waals surface area contributed by atoms with E-state index in [1.165, 1.54) is 20.8 Å².